The SMILES string of the molecule is COc1cnc2c(-c3nc4cc(F)c(O[C@@H](C)[C@@H](C)OC(=O)Nc5cnc(C(=O)NC[C@H](C)O)nc5)cc4s3)cc(C)cc2n1. The van der Waals surface area contributed by atoms with E-state index < -0.39 is 36.1 Å². The minimum atomic E-state index is -0.818. The molecule has 0 aliphatic heterocycles. The topological polar surface area (TPSA) is 171 Å². The van der Waals surface area contributed by atoms with E-state index in [-0.39, 0.29) is 23.8 Å². The molecule has 0 unspecified atom stereocenters. The molecule has 0 fully saturated rings. The largest absolute Gasteiger partial charge is 0.484 e. The van der Waals surface area contributed by atoms with E-state index in [0.717, 1.165) is 11.1 Å². The summed E-state index contributed by atoms with van der Waals surface area (Å²) in [6.07, 6.45) is 0.985. The molecule has 0 saturated heterocycles. The highest BCUT2D eigenvalue weighted by atomic mass is 32.1. The number of anilines is 1. The van der Waals surface area contributed by atoms with Gasteiger partial charge < -0.3 is 24.6 Å². The zero-order chi connectivity index (χ0) is 32.2. The molecule has 0 spiro atoms. The number of ether oxygens (including phenoxy) is 3. The van der Waals surface area contributed by atoms with Crippen molar-refractivity contribution in [2.24, 2.45) is 0 Å². The number of fused-ring (bicyclic) bond motifs is 2. The van der Waals surface area contributed by atoms with Gasteiger partial charge in [0.1, 0.15) is 17.2 Å². The molecule has 234 valence electrons. The highest BCUT2D eigenvalue weighted by molar-refractivity contribution is 7.21. The normalized spacial score (nSPS) is 13.2. The fourth-order valence-corrected chi connectivity index (χ4v) is 5.17. The Morgan fingerprint density at radius 1 is 1.00 bits per heavy atom. The number of aromatic nitrogens is 5. The molecular weight excluding hydrogens is 605 g/mol. The Hall–Kier alpha value is -5.02. The predicted molar refractivity (Wildman–Crippen MR) is 165 cm³/mol. The van der Waals surface area contributed by atoms with Gasteiger partial charge >= 0.3 is 6.09 Å². The molecule has 2 aromatic carbocycles. The second-order valence-corrected chi connectivity index (χ2v) is 11.3. The lowest BCUT2D eigenvalue weighted by Crippen LogP contribution is -2.33. The predicted octanol–water partition coefficient (Wildman–Crippen LogP) is 4.67. The van der Waals surface area contributed by atoms with Crippen molar-refractivity contribution in [1.29, 1.82) is 0 Å². The number of carbonyl (C=O) groups excluding carboxylic acids is 2. The number of amides is 2. The van der Waals surface area contributed by atoms with Crippen LogP contribution in [0, 0.1) is 12.7 Å². The van der Waals surface area contributed by atoms with Gasteiger partial charge in [-0.15, -0.1) is 11.3 Å². The van der Waals surface area contributed by atoms with Gasteiger partial charge in [0.15, 0.2) is 11.6 Å². The number of halogens is 1. The first-order chi connectivity index (χ1) is 21.5. The van der Waals surface area contributed by atoms with Gasteiger partial charge in [-0.05, 0) is 45.4 Å². The third kappa shape index (κ3) is 7.38. The first-order valence-electron chi connectivity index (χ1n) is 13.8. The molecule has 0 bridgehead atoms. The molecule has 0 saturated carbocycles. The number of nitrogens with zero attached hydrogens (tertiary/aromatic N) is 5. The Morgan fingerprint density at radius 3 is 2.47 bits per heavy atom. The van der Waals surface area contributed by atoms with E-state index in [0.29, 0.717) is 32.1 Å². The summed E-state index contributed by atoms with van der Waals surface area (Å²) < 4.78 is 32.3. The number of methoxy groups -OCH3 is 1. The van der Waals surface area contributed by atoms with Crippen molar-refractivity contribution in [3.8, 4) is 22.2 Å². The van der Waals surface area contributed by atoms with Crippen LogP contribution in [0.5, 0.6) is 11.6 Å². The minimum Gasteiger partial charge on any atom is -0.484 e. The van der Waals surface area contributed by atoms with Crippen molar-refractivity contribution >= 4 is 50.3 Å². The molecule has 2 amide bonds. The summed E-state index contributed by atoms with van der Waals surface area (Å²) in [6.45, 7) is 6.78. The van der Waals surface area contributed by atoms with Crippen LogP contribution in [0.15, 0.2) is 42.9 Å². The lowest BCUT2D eigenvalue weighted by molar-refractivity contribution is 0.0402. The Labute approximate surface area is 260 Å². The smallest absolute Gasteiger partial charge is 0.412 e. The first-order valence-corrected chi connectivity index (χ1v) is 14.7. The number of aliphatic hydroxyl groups excluding tert-OH is 1. The Bertz CT molecular complexity index is 1870. The van der Waals surface area contributed by atoms with Gasteiger partial charge in [0.25, 0.3) is 5.91 Å². The third-order valence-electron chi connectivity index (χ3n) is 6.58. The maximum Gasteiger partial charge on any atom is 0.412 e. The number of benzene rings is 2. The fourth-order valence-electron chi connectivity index (χ4n) is 4.18. The quantitative estimate of drug-likeness (QED) is 0.195. The highest BCUT2D eigenvalue weighted by Gasteiger charge is 2.22. The van der Waals surface area contributed by atoms with Gasteiger partial charge in [-0.1, -0.05) is 0 Å². The van der Waals surface area contributed by atoms with E-state index in [1.54, 1.807) is 19.9 Å². The van der Waals surface area contributed by atoms with Crippen LogP contribution in [0.1, 0.15) is 37.0 Å². The Kier molecular flexibility index (Phi) is 9.29. The second kappa shape index (κ2) is 13.3. The average Bonchev–Trinajstić information content (AvgIpc) is 3.41. The summed E-state index contributed by atoms with van der Waals surface area (Å²) in [5, 5.41) is 14.9. The molecule has 3 aromatic heterocycles. The number of thiazole rings is 1. The number of aliphatic hydroxyl groups is 1. The molecule has 3 N–H and O–H groups in total. The van der Waals surface area contributed by atoms with Crippen LogP contribution in [0.4, 0.5) is 14.9 Å². The molecule has 5 aromatic rings. The van der Waals surface area contributed by atoms with Crippen LogP contribution >= 0.6 is 11.3 Å². The summed E-state index contributed by atoms with van der Waals surface area (Å²) in [7, 11) is 1.53. The maximum atomic E-state index is 15.1. The molecule has 5 rings (SSSR count). The van der Waals surface area contributed by atoms with Gasteiger partial charge in [-0.2, -0.15) is 0 Å². The molecule has 0 aliphatic carbocycles. The molecule has 13 nitrogen and oxygen atoms in total. The zero-order valence-electron chi connectivity index (χ0n) is 25.0. The standard InChI is InChI=1S/C30H30FN7O6S/c1-14-6-19(26-22(7-14)37-25(42-5)13-32-26)29-38-21-8-20(31)23(9-24(21)45-29)43-16(3)17(4)44-30(41)36-18-11-33-27(34-12-18)28(40)35-10-15(2)39/h6-9,11-13,15-17,39H,10H2,1-5H3,(H,35,40)(H,36,41)/t15-,16-,17+/m0/s1. The van der Waals surface area contributed by atoms with Crippen LogP contribution in [0.2, 0.25) is 0 Å². The van der Waals surface area contributed by atoms with E-state index in [1.807, 2.05) is 19.1 Å². The fraction of sp³-hybridized carbons (Fsp3) is 0.300. The summed E-state index contributed by atoms with van der Waals surface area (Å²) in [5.41, 5.74) is 3.69. The average molecular weight is 636 g/mol. The van der Waals surface area contributed by atoms with Crippen LogP contribution in [0.25, 0.3) is 31.8 Å². The first kappa shape index (κ1) is 31.4. The van der Waals surface area contributed by atoms with E-state index in [9.17, 15) is 14.7 Å². The number of hydrogen-bond acceptors (Lipinski definition) is 12. The summed E-state index contributed by atoms with van der Waals surface area (Å²) in [4.78, 5) is 45.9. The summed E-state index contributed by atoms with van der Waals surface area (Å²) in [5.74, 6) is -0.924. The van der Waals surface area contributed by atoms with Crippen molar-refractivity contribution < 1.29 is 33.3 Å². The lowest BCUT2D eigenvalue weighted by Gasteiger charge is -2.22. The van der Waals surface area contributed by atoms with E-state index >= 15 is 4.39 Å². The lowest BCUT2D eigenvalue weighted by atomic mass is 10.1. The number of hydrogen-bond donors (Lipinski definition) is 3. The van der Waals surface area contributed by atoms with Gasteiger partial charge in [0, 0.05) is 24.2 Å². The highest BCUT2D eigenvalue weighted by Crippen LogP contribution is 2.37. The molecule has 3 atom stereocenters. The zero-order valence-corrected chi connectivity index (χ0v) is 25.8. The van der Waals surface area contributed by atoms with Gasteiger partial charge in [0.2, 0.25) is 11.7 Å². The number of nitrogens with one attached hydrogen (secondary N) is 2. The Morgan fingerprint density at radius 2 is 1.76 bits per heavy atom. The number of aryl methyl sites for hydroxylation is 1. The van der Waals surface area contributed by atoms with Crippen LogP contribution in [-0.2, 0) is 4.74 Å². The maximum absolute atomic E-state index is 15.1. The van der Waals surface area contributed by atoms with E-state index in [2.05, 4.69) is 35.6 Å². The van der Waals surface area contributed by atoms with Crippen molar-refractivity contribution in [2.45, 2.75) is 46.0 Å². The molecule has 3 heterocycles. The molecular formula is C30H30FN7O6S. The van der Waals surface area contributed by atoms with Crippen LogP contribution in [0.3, 0.4) is 0 Å². The number of carbonyl (C=O) groups is 2. The van der Waals surface area contributed by atoms with Gasteiger partial charge in [-0.25, -0.2) is 34.1 Å². The molecule has 0 radical (unpaired) electrons. The third-order valence-corrected chi connectivity index (χ3v) is 7.63. The van der Waals surface area contributed by atoms with Crippen molar-refractivity contribution in [2.75, 3.05) is 19.0 Å². The van der Waals surface area contributed by atoms with Gasteiger partial charge in [-0.3, -0.25) is 10.1 Å². The molecule has 45 heavy (non-hydrogen) atoms. The van der Waals surface area contributed by atoms with E-state index in [4.69, 9.17) is 14.2 Å². The monoisotopic (exact) mass is 635 g/mol. The Balaban J connectivity index is 1.24. The van der Waals surface area contributed by atoms with Crippen molar-refractivity contribution in [3.63, 3.8) is 0 Å². The van der Waals surface area contributed by atoms with Crippen molar-refractivity contribution in [3.05, 3.63) is 60.1 Å². The van der Waals surface area contributed by atoms with Crippen LogP contribution < -0.4 is 20.1 Å². The summed E-state index contributed by atoms with van der Waals surface area (Å²) in [6, 6.07) is 6.73. The molecule has 15 heteroatoms. The molecule has 0 aliphatic rings. The number of rotatable bonds is 10. The second-order valence-electron chi connectivity index (χ2n) is 10.3. The van der Waals surface area contributed by atoms with Gasteiger partial charge in [0.05, 0.1) is 58.7 Å². The summed E-state index contributed by atoms with van der Waals surface area (Å²) >= 11 is 1.36. The minimum absolute atomic E-state index is 0.0162. The van der Waals surface area contributed by atoms with Crippen molar-refractivity contribution in [1.82, 2.24) is 30.2 Å². The van der Waals surface area contributed by atoms with Crippen LogP contribution in [-0.4, -0.2) is 74.0 Å². The van der Waals surface area contributed by atoms with E-state index in [1.165, 1.54) is 50.0 Å².